The number of amides is 1. The number of nitrogens with one attached hydrogen (secondary N) is 1. The molecule has 0 aromatic rings. The Labute approximate surface area is 384 Å². The molecule has 3 N–H and O–H groups in total. The molecule has 0 aliphatic heterocycles. The fourth-order valence-corrected chi connectivity index (χ4v) is 9.18. The number of unbranched alkanes of at least 4 members (excludes halogenated alkanes) is 44. The van der Waals surface area contributed by atoms with Crippen molar-refractivity contribution in [3.8, 4) is 0 Å². The summed E-state index contributed by atoms with van der Waals surface area (Å²) >= 11 is 0. The zero-order chi connectivity index (χ0) is 44.2. The van der Waals surface area contributed by atoms with Gasteiger partial charge in [-0.1, -0.05) is 296 Å². The Morgan fingerprint density at radius 3 is 0.902 bits per heavy atom. The number of hydrogen-bond acceptors (Lipinski definition) is 3. The predicted octanol–water partition coefficient (Wildman–Crippen LogP) is 18.5. The average Bonchev–Trinajstić information content (AvgIpc) is 3.26. The molecule has 61 heavy (non-hydrogen) atoms. The molecule has 0 bridgehead atoms. The lowest BCUT2D eigenvalue weighted by atomic mass is 10.0. The van der Waals surface area contributed by atoms with Crippen LogP contribution in [0.2, 0.25) is 0 Å². The van der Waals surface area contributed by atoms with Gasteiger partial charge in [0.25, 0.3) is 0 Å². The third-order valence-corrected chi connectivity index (χ3v) is 13.5. The highest BCUT2D eigenvalue weighted by Gasteiger charge is 2.20. The topological polar surface area (TPSA) is 69.6 Å². The minimum absolute atomic E-state index is 0.0257. The zero-order valence-electron chi connectivity index (χ0n) is 42.0. The molecule has 0 saturated carbocycles. The lowest BCUT2D eigenvalue weighted by molar-refractivity contribution is -0.123. The van der Waals surface area contributed by atoms with Gasteiger partial charge in [0, 0.05) is 6.42 Å². The van der Waals surface area contributed by atoms with Crippen molar-refractivity contribution in [1.82, 2.24) is 5.32 Å². The molecule has 0 heterocycles. The van der Waals surface area contributed by atoms with E-state index in [4.69, 9.17) is 0 Å². The van der Waals surface area contributed by atoms with Gasteiger partial charge in [0.1, 0.15) is 0 Å². The Bertz CT molecular complexity index is 844. The van der Waals surface area contributed by atoms with Crippen LogP contribution in [0, 0.1) is 0 Å². The quantitative estimate of drug-likeness (QED) is 0.0421. The van der Waals surface area contributed by atoms with Crippen LogP contribution in [-0.4, -0.2) is 34.9 Å². The first-order chi connectivity index (χ1) is 30.2. The van der Waals surface area contributed by atoms with Crippen molar-refractivity contribution >= 4 is 5.91 Å². The van der Waals surface area contributed by atoms with Gasteiger partial charge in [-0.3, -0.25) is 4.79 Å². The molecule has 0 aromatic heterocycles. The van der Waals surface area contributed by atoms with Crippen LogP contribution >= 0.6 is 0 Å². The molecular formula is C57H113NO3. The molecule has 2 atom stereocenters. The van der Waals surface area contributed by atoms with Crippen LogP contribution in [0.15, 0.2) is 12.2 Å². The van der Waals surface area contributed by atoms with Crippen molar-refractivity contribution in [2.75, 3.05) is 6.61 Å². The van der Waals surface area contributed by atoms with E-state index in [9.17, 15) is 15.0 Å². The van der Waals surface area contributed by atoms with Crippen molar-refractivity contribution in [1.29, 1.82) is 0 Å². The minimum Gasteiger partial charge on any atom is -0.394 e. The molecule has 4 heteroatoms. The van der Waals surface area contributed by atoms with Gasteiger partial charge in [-0.25, -0.2) is 0 Å². The van der Waals surface area contributed by atoms with Crippen LogP contribution in [0.3, 0.4) is 0 Å². The summed E-state index contributed by atoms with van der Waals surface area (Å²) in [4.78, 5) is 12.5. The molecule has 0 aliphatic carbocycles. The second-order valence-corrected chi connectivity index (χ2v) is 19.7. The fraction of sp³-hybridized carbons (Fsp3) is 0.947. The Hall–Kier alpha value is -0.870. The Morgan fingerprint density at radius 2 is 0.623 bits per heavy atom. The summed E-state index contributed by atoms with van der Waals surface area (Å²) in [6.07, 6.45) is 69.2. The number of rotatable bonds is 53. The fourth-order valence-electron chi connectivity index (χ4n) is 9.18. The molecule has 0 rings (SSSR count). The minimum atomic E-state index is -0.658. The molecule has 0 fully saturated rings. The standard InChI is InChI=1S/C57H113NO3/c1-3-5-7-9-11-13-15-17-19-21-23-25-27-28-29-30-31-33-35-37-39-41-43-45-47-49-51-53-57(61)58-55(54-59)56(60)52-50-48-46-44-42-40-38-36-34-32-26-24-22-20-18-16-14-12-10-8-6-4-2/h28-29,55-56,59-60H,3-27,30-54H2,1-2H3,(H,58,61)/b29-28-. The molecule has 2 unspecified atom stereocenters. The first kappa shape index (κ1) is 60.1. The molecule has 0 radical (unpaired) electrons. The predicted molar refractivity (Wildman–Crippen MR) is 272 cm³/mol. The molecular weight excluding hydrogens is 747 g/mol. The van der Waals surface area contributed by atoms with E-state index in [1.165, 1.54) is 276 Å². The van der Waals surface area contributed by atoms with E-state index in [2.05, 4.69) is 31.3 Å². The van der Waals surface area contributed by atoms with Crippen molar-refractivity contribution in [3.05, 3.63) is 12.2 Å². The van der Waals surface area contributed by atoms with Crippen LogP contribution in [0.5, 0.6) is 0 Å². The lowest BCUT2D eigenvalue weighted by Gasteiger charge is -2.22. The first-order valence-electron chi connectivity index (χ1n) is 28.4. The third-order valence-electron chi connectivity index (χ3n) is 13.5. The maximum absolute atomic E-state index is 12.5. The van der Waals surface area contributed by atoms with Gasteiger partial charge in [-0.2, -0.15) is 0 Å². The second-order valence-electron chi connectivity index (χ2n) is 19.7. The molecule has 0 spiro atoms. The van der Waals surface area contributed by atoms with E-state index in [1.54, 1.807) is 0 Å². The van der Waals surface area contributed by atoms with E-state index in [0.29, 0.717) is 12.8 Å². The van der Waals surface area contributed by atoms with E-state index in [-0.39, 0.29) is 12.5 Å². The number of carbonyl (C=O) groups is 1. The van der Waals surface area contributed by atoms with Gasteiger partial charge in [0.05, 0.1) is 18.8 Å². The largest absolute Gasteiger partial charge is 0.394 e. The zero-order valence-corrected chi connectivity index (χ0v) is 42.0. The van der Waals surface area contributed by atoms with E-state index < -0.39 is 12.1 Å². The smallest absolute Gasteiger partial charge is 0.220 e. The number of aliphatic hydroxyl groups is 2. The second kappa shape index (κ2) is 53.5. The Morgan fingerprint density at radius 1 is 0.377 bits per heavy atom. The summed E-state index contributed by atoms with van der Waals surface area (Å²) in [6.45, 7) is 4.40. The van der Waals surface area contributed by atoms with Crippen molar-refractivity contribution in [2.24, 2.45) is 0 Å². The van der Waals surface area contributed by atoms with Gasteiger partial charge >= 0.3 is 0 Å². The molecule has 4 nitrogen and oxygen atoms in total. The number of carbonyl (C=O) groups excluding carboxylic acids is 1. The SMILES string of the molecule is CCCCCCCCCCCCCC/C=C\CCCCCCCCCCCCCC(=O)NC(CO)C(O)CCCCCCCCCCCCCCCCCCCCCCCC. The van der Waals surface area contributed by atoms with E-state index in [0.717, 1.165) is 25.7 Å². The maximum atomic E-state index is 12.5. The van der Waals surface area contributed by atoms with Crippen LogP contribution in [0.4, 0.5) is 0 Å². The summed E-state index contributed by atoms with van der Waals surface area (Å²) in [5, 5.41) is 23.3. The van der Waals surface area contributed by atoms with Gasteiger partial charge in [-0.05, 0) is 38.5 Å². The third kappa shape index (κ3) is 50.0. The molecule has 0 saturated heterocycles. The van der Waals surface area contributed by atoms with Crippen LogP contribution in [0.25, 0.3) is 0 Å². The van der Waals surface area contributed by atoms with Gasteiger partial charge in [-0.15, -0.1) is 0 Å². The van der Waals surface area contributed by atoms with Gasteiger partial charge < -0.3 is 15.5 Å². The summed E-state index contributed by atoms with van der Waals surface area (Å²) in [6, 6.07) is -0.534. The lowest BCUT2D eigenvalue weighted by Crippen LogP contribution is -2.45. The molecule has 364 valence electrons. The monoisotopic (exact) mass is 860 g/mol. The molecule has 0 aromatic carbocycles. The van der Waals surface area contributed by atoms with Crippen LogP contribution < -0.4 is 5.32 Å². The van der Waals surface area contributed by atoms with Crippen LogP contribution in [0.1, 0.15) is 328 Å². The van der Waals surface area contributed by atoms with Crippen molar-refractivity contribution in [2.45, 2.75) is 341 Å². The Balaban J connectivity index is 3.43. The molecule has 1 amide bonds. The highest BCUT2D eigenvalue weighted by Crippen LogP contribution is 2.18. The van der Waals surface area contributed by atoms with E-state index in [1.807, 2.05) is 0 Å². The first-order valence-corrected chi connectivity index (χ1v) is 28.4. The van der Waals surface area contributed by atoms with Gasteiger partial charge in [0.15, 0.2) is 0 Å². The highest BCUT2D eigenvalue weighted by atomic mass is 16.3. The summed E-state index contributed by atoms with van der Waals surface area (Å²) in [5.74, 6) is -0.0257. The average molecular weight is 861 g/mol. The highest BCUT2D eigenvalue weighted by molar-refractivity contribution is 5.76. The maximum Gasteiger partial charge on any atom is 0.220 e. The summed E-state index contributed by atoms with van der Waals surface area (Å²) < 4.78 is 0. The van der Waals surface area contributed by atoms with E-state index >= 15 is 0 Å². The normalized spacial score (nSPS) is 12.8. The van der Waals surface area contributed by atoms with Crippen LogP contribution in [-0.2, 0) is 4.79 Å². The van der Waals surface area contributed by atoms with Crippen molar-refractivity contribution in [3.63, 3.8) is 0 Å². The number of allylic oxidation sites excluding steroid dienone is 2. The molecule has 0 aliphatic rings. The number of aliphatic hydroxyl groups excluding tert-OH is 2. The van der Waals surface area contributed by atoms with Crippen molar-refractivity contribution < 1.29 is 15.0 Å². The van der Waals surface area contributed by atoms with Gasteiger partial charge in [0.2, 0.25) is 5.91 Å². The number of hydrogen-bond donors (Lipinski definition) is 3. The Kier molecular flexibility index (Phi) is 52.7. The summed E-state index contributed by atoms with van der Waals surface area (Å²) in [7, 11) is 0. The summed E-state index contributed by atoms with van der Waals surface area (Å²) in [5.41, 5.74) is 0.